The molecule has 0 amide bonds. The Bertz CT molecular complexity index is 677. The molecular formula is C12H9ClN4S. The number of H-pyrrole nitrogens is 1. The maximum absolute atomic E-state index is 5.85. The first-order chi connectivity index (χ1) is 8.72. The smallest absolute Gasteiger partial charge is 0.172 e. The van der Waals surface area contributed by atoms with Crippen molar-refractivity contribution in [3.8, 4) is 0 Å². The van der Waals surface area contributed by atoms with Gasteiger partial charge in [-0.15, -0.1) is 0 Å². The number of pyridine rings is 1. The normalized spacial score (nSPS) is 10.9. The largest absolute Gasteiger partial charge is 0.397 e. The Balaban J connectivity index is 1.98. The Morgan fingerprint density at radius 2 is 1.94 bits per heavy atom. The van der Waals surface area contributed by atoms with E-state index < -0.39 is 0 Å². The highest BCUT2D eigenvalue weighted by Gasteiger charge is 2.08. The van der Waals surface area contributed by atoms with Crippen LogP contribution in [0.2, 0.25) is 5.15 Å². The first-order valence-electron chi connectivity index (χ1n) is 5.27. The molecule has 0 aliphatic carbocycles. The molecule has 0 spiro atoms. The summed E-state index contributed by atoms with van der Waals surface area (Å²) < 4.78 is 0. The van der Waals surface area contributed by atoms with Crippen LogP contribution in [0.3, 0.4) is 0 Å². The van der Waals surface area contributed by atoms with Crippen molar-refractivity contribution < 1.29 is 0 Å². The fourth-order valence-electron chi connectivity index (χ4n) is 1.58. The number of fused-ring (bicyclic) bond motifs is 1. The van der Waals surface area contributed by atoms with Crippen molar-refractivity contribution in [2.24, 2.45) is 0 Å². The predicted molar refractivity (Wildman–Crippen MR) is 73.9 cm³/mol. The van der Waals surface area contributed by atoms with Gasteiger partial charge in [-0.3, -0.25) is 0 Å². The summed E-state index contributed by atoms with van der Waals surface area (Å²) >= 11 is 7.22. The van der Waals surface area contributed by atoms with Gasteiger partial charge in [-0.05, 0) is 36.0 Å². The lowest BCUT2D eigenvalue weighted by Gasteiger charge is -2.01. The van der Waals surface area contributed by atoms with E-state index in [1.165, 1.54) is 11.8 Å². The minimum Gasteiger partial charge on any atom is -0.397 e. The molecule has 0 fully saturated rings. The molecule has 0 saturated heterocycles. The van der Waals surface area contributed by atoms with E-state index >= 15 is 0 Å². The number of para-hydroxylation sites is 2. The molecule has 0 atom stereocenters. The van der Waals surface area contributed by atoms with Gasteiger partial charge in [0.15, 0.2) is 5.16 Å². The van der Waals surface area contributed by atoms with E-state index in [2.05, 4.69) is 15.0 Å². The van der Waals surface area contributed by atoms with Crippen LogP contribution < -0.4 is 5.73 Å². The van der Waals surface area contributed by atoms with Crippen LogP contribution in [0.25, 0.3) is 11.0 Å². The Labute approximate surface area is 113 Å². The van der Waals surface area contributed by atoms with Gasteiger partial charge in [0.2, 0.25) is 0 Å². The van der Waals surface area contributed by atoms with Crippen molar-refractivity contribution in [1.82, 2.24) is 15.0 Å². The lowest BCUT2D eigenvalue weighted by Crippen LogP contribution is -1.92. The van der Waals surface area contributed by atoms with Crippen molar-refractivity contribution in [2.75, 3.05) is 5.73 Å². The Kier molecular flexibility index (Phi) is 2.85. The van der Waals surface area contributed by atoms with Gasteiger partial charge < -0.3 is 10.7 Å². The topological polar surface area (TPSA) is 67.6 Å². The van der Waals surface area contributed by atoms with Gasteiger partial charge in [0.1, 0.15) is 10.2 Å². The van der Waals surface area contributed by atoms with Gasteiger partial charge in [-0.2, -0.15) is 0 Å². The number of aromatic amines is 1. The minimum atomic E-state index is 0.419. The molecule has 0 saturated carbocycles. The predicted octanol–water partition coefficient (Wildman–Crippen LogP) is 3.34. The zero-order chi connectivity index (χ0) is 12.5. The molecule has 4 nitrogen and oxygen atoms in total. The van der Waals surface area contributed by atoms with E-state index in [9.17, 15) is 0 Å². The van der Waals surface area contributed by atoms with Crippen LogP contribution in [0, 0.1) is 0 Å². The summed E-state index contributed by atoms with van der Waals surface area (Å²) in [5, 5.41) is 1.82. The first-order valence-corrected chi connectivity index (χ1v) is 6.46. The third-order valence-electron chi connectivity index (χ3n) is 2.42. The maximum Gasteiger partial charge on any atom is 0.172 e. The van der Waals surface area contributed by atoms with Crippen LogP contribution >= 0.6 is 23.4 Å². The zero-order valence-electron chi connectivity index (χ0n) is 9.22. The lowest BCUT2D eigenvalue weighted by molar-refractivity contribution is 1.06. The molecule has 0 unspecified atom stereocenters. The van der Waals surface area contributed by atoms with Gasteiger partial charge >= 0.3 is 0 Å². The van der Waals surface area contributed by atoms with E-state index in [4.69, 9.17) is 17.3 Å². The molecular weight excluding hydrogens is 268 g/mol. The average molecular weight is 277 g/mol. The summed E-state index contributed by atoms with van der Waals surface area (Å²) in [6.07, 6.45) is 0. The van der Waals surface area contributed by atoms with Crippen molar-refractivity contribution >= 4 is 40.1 Å². The molecule has 2 heterocycles. The van der Waals surface area contributed by atoms with Crippen LogP contribution in [0.1, 0.15) is 0 Å². The summed E-state index contributed by atoms with van der Waals surface area (Å²) in [6, 6.07) is 11.2. The number of benzene rings is 1. The van der Waals surface area contributed by atoms with Crippen LogP contribution in [-0.4, -0.2) is 15.0 Å². The molecule has 6 heteroatoms. The lowest BCUT2D eigenvalue weighted by atomic mass is 10.3. The number of rotatable bonds is 2. The van der Waals surface area contributed by atoms with Crippen molar-refractivity contribution in [3.05, 3.63) is 41.6 Å². The minimum absolute atomic E-state index is 0.419. The monoisotopic (exact) mass is 276 g/mol. The van der Waals surface area contributed by atoms with E-state index in [1.807, 2.05) is 24.3 Å². The first kappa shape index (κ1) is 11.4. The number of nitrogens with zero attached hydrogens (tertiary/aromatic N) is 2. The second kappa shape index (κ2) is 4.51. The Morgan fingerprint density at radius 3 is 2.78 bits per heavy atom. The summed E-state index contributed by atoms with van der Waals surface area (Å²) in [4.78, 5) is 11.8. The standard InChI is InChI=1S/C12H9ClN4S/c13-10-6-5-7(14)11(17-10)18-12-15-8-3-1-2-4-9(8)16-12/h1-6H,14H2,(H,15,16). The highest BCUT2D eigenvalue weighted by Crippen LogP contribution is 2.30. The highest BCUT2D eigenvalue weighted by molar-refractivity contribution is 7.99. The molecule has 3 aromatic rings. The average Bonchev–Trinajstić information content (AvgIpc) is 2.76. The zero-order valence-corrected chi connectivity index (χ0v) is 10.8. The van der Waals surface area contributed by atoms with Crippen LogP contribution in [-0.2, 0) is 0 Å². The van der Waals surface area contributed by atoms with Crippen LogP contribution in [0.5, 0.6) is 0 Å². The Hall–Kier alpha value is -1.72. The van der Waals surface area contributed by atoms with Gasteiger partial charge in [-0.25, -0.2) is 9.97 Å². The fourth-order valence-corrected chi connectivity index (χ4v) is 2.60. The second-order valence-electron chi connectivity index (χ2n) is 3.69. The molecule has 2 aromatic heterocycles. The number of aromatic nitrogens is 3. The summed E-state index contributed by atoms with van der Waals surface area (Å²) in [5.74, 6) is 0. The Morgan fingerprint density at radius 1 is 1.11 bits per heavy atom. The van der Waals surface area contributed by atoms with Crippen LogP contribution in [0.15, 0.2) is 46.6 Å². The number of halogens is 1. The van der Waals surface area contributed by atoms with Crippen LogP contribution in [0.4, 0.5) is 5.69 Å². The van der Waals surface area contributed by atoms with Gasteiger partial charge in [0.25, 0.3) is 0 Å². The third kappa shape index (κ3) is 2.14. The van der Waals surface area contributed by atoms with Gasteiger partial charge in [-0.1, -0.05) is 23.7 Å². The molecule has 0 radical (unpaired) electrons. The van der Waals surface area contributed by atoms with Gasteiger partial charge in [0.05, 0.1) is 16.7 Å². The number of nitrogens with one attached hydrogen (secondary N) is 1. The molecule has 3 N–H and O–H groups in total. The molecule has 0 aliphatic heterocycles. The summed E-state index contributed by atoms with van der Waals surface area (Å²) in [5.41, 5.74) is 8.34. The van der Waals surface area contributed by atoms with E-state index in [1.54, 1.807) is 12.1 Å². The molecule has 3 rings (SSSR count). The number of hydrogen-bond acceptors (Lipinski definition) is 4. The molecule has 18 heavy (non-hydrogen) atoms. The number of imidazole rings is 1. The molecule has 0 aliphatic rings. The maximum atomic E-state index is 5.85. The van der Waals surface area contributed by atoms with Crippen molar-refractivity contribution in [3.63, 3.8) is 0 Å². The van der Waals surface area contributed by atoms with Crippen molar-refractivity contribution in [2.45, 2.75) is 10.2 Å². The van der Waals surface area contributed by atoms with E-state index in [0.29, 0.717) is 15.9 Å². The fraction of sp³-hybridized carbons (Fsp3) is 0. The third-order valence-corrected chi connectivity index (χ3v) is 3.53. The molecule has 90 valence electrons. The van der Waals surface area contributed by atoms with Crippen molar-refractivity contribution in [1.29, 1.82) is 0 Å². The SMILES string of the molecule is Nc1ccc(Cl)nc1Sc1nc2ccccc2[nH]1. The summed E-state index contributed by atoms with van der Waals surface area (Å²) in [7, 11) is 0. The number of anilines is 1. The quantitative estimate of drug-likeness (QED) is 0.705. The summed E-state index contributed by atoms with van der Waals surface area (Å²) in [6.45, 7) is 0. The molecule has 1 aromatic carbocycles. The number of nitrogen functional groups attached to an aromatic ring is 1. The van der Waals surface area contributed by atoms with E-state index in [-0.39, 0.29) is 0 Å². The highest BCUT2D eigenvalue weighted by atomic mass is 35.5. The van der Waals surface area contributed by atoms with E-state index in [0.717, 1.165) is 16.2 Å². The number of hydrogen-bond donors (Lipinski definition) is 2. The van der Waals surface area contributed by atoms with Gasteiger partial charge in [0, 0.05) is 0 Å². The second-order valence-corrected chi connectivity index (χ2v) is 5.05. The molecule has 0 bridgehead atoms. The number of nitrogens with two attached hydrogens (primary N) is 1.